The molecule has 1 amide bonds. The highest BCUT2D eigenvalue weighted by atomic mass is 35.5. The van der Waals surface area contributed by atoms with Crippen LogP contribution in [0.3, 0.4) is 0 Å². The molecule has 0 spiro atoms. The fourth-order valence-electron chi connectivity index (χ4n) is 2.24. The smallest absolute Gasteiger partial charge is 0.331 e. The molecule has 0 aromatic heterocycles. The zero-order valence-electron chi connectivity index (χ0n) is 14.6. The molecule has 0 fully saturated rings. The van der Waals surface area contributed by atoms with Gasteiger partial charge in [0.1, 0.15) is 5.75 Å². The predicted molar refractivity (Wildman–Crippen MR) is 101 cm³/mol. The van der Waals surface area contributed by atoms with Crippen molar-refractivity contribution in [2.75, 3.05) is 13.7 Å². The van der Waals surface area contributed by atoms with Crippen molar-refractivity contribution in [3.8, 4) is 5.75 Å². The molecular formula is C20H20ClNO4. The Kier molecular flexibility index (Phi) is 7.24. The number of esters is 1. The minimum Gasteiger partial charge on any atom is -0.497 e. The molecule has 2 aromatic carbocycles. The average molecular weight is 374 g/mol. The zero-order valence-corrected chi connectivity index (χ0v) is 15.3. The van der Waals surface area contributed by atoms with Gasteiger partial charge in [-0.2, -0.15) is 0 Å². The second-order valence-electron chi connectivity index (χ2n) is 5.56. The molecule has 0 saturated carbocycles. The summed E-state index contributed by atoms with van der Waals surface area (Å²) in [6.45, 7) is 1.47. The number of amides is 1. The number of hydrogen-bond acceptors (Lipinski definition) is 4. The van der Waals surface area contributed by atoms with E-state index in [0.717, 1.165) is 11.1 Å². The number of nitrogens with one attached hydrogen (secondary N) is 1. The highest BCUT2D eigenvalue weighted by molar-refractivity contribution is 6.30. The minimum absolute atomic E-state index is 0.243. The van der Waals surface area contributed by atoms with Crippen LogP contribution in [0.25, 0.3) is 6.08 Å². The maximum Gasteiger partial charge on any atom is 0.331 e. The highest BCUT2D eigenvalue weighted by Gasteiger charge is 2.11. The van der Waals surface area contributed by atoms with Crippen LogP contribution in [-0.2, 0) is 14.3 Å². The Morgan fingerprint density at radius 3 is 2.69 bits per heavy atom. The third-order valence-electron chi connectivity index (χ3n) is 3.58. The average Bonchev–Trinajstić information content (AvgIpc) is 2.64. The van der Waals surface area contributed by atoms with Gasteiger partial charge in [-0.25, -0.2) is 4.79 Å². The van der Waals surface area contributed by atoms with E-state index < -0.39 is 5.97 Å². The summed E-state index contributed by atoms with van der Waals surface area (Å²) < 4.78 is 10.1. The molecule has 5 nitrogen and oxygen atoms in total. The van der Waals surface area contributed by atoms with Crippen molar-refractivity contribution in [1.29, 1.82) is 0 Å². The predicted octanol–water partition coefficient (Wildman–Crippen LogP) is 3.78. The van der Waals surface area contributed by atoms with Gasteiger partial charge in [-0.15, -0.1) is 0 Å². The van der Waals surface area contributed by atoms with Crippen molar-refractivity contribution >= 4 is 29.6 Å². The molecule has 1 N–H and O–H groups in total. The van der Waals surface area contributed by atoms with Crippen molar-refractivity contribution in [3.05, 3.63) is 70.8 Å². The van der Waals surface area contributed by atoms with Crippen molar-refractivity contribution in [2.24, 2.45) is 0 Å². The topological polar surface area (TPSA) is 64.6 Å². The number of rotatable bonds is 7. The first kappa shape index (κ1) is 19.5. The molecule has 0 bridgehead atoms. The van der Waals surface area contributed by atoms with Crippen LogP contribution >= 0.6 is 11.6 Å². The van der Waals surface area contributed by atoms with E-state index in [1.807, 2.05) is 31.2 Å². The third-order valence-corrected chi connectivity index (χ3v) is 3.81. The van der Waals surface area contributed by atoms with Crippen LogP contribution in [-0.4, -0.2) is 25.6 Å². The van der Waals surface area contributed by atoms with Crippen LogP contribution in [0, 0.1) is 0 Å². The van der Waals surface area contributed by atoms with Gasteiger partial charge in [-0.1, -0.05) is 35.9 Å². The lowest BCUT2D eigenvalue weighted by atomic mass is 10.1. The first-order valence-electron chi connectivity index (χ1n) is 8.01. The summed E-state index contributed by atoms with van der Waals surface area (Å²) >= 11 is 5.93. The number of halogens is 1. The van der Waals surface area contributed by atoms with E-state index in [9.17, 15) is 9.59 Å². The zero-order chi connectivity index (χ0) is 18.9. The van der Waals surface area contributed by atoms with Crippen LogP contribution in [0.1, 0.15) is 24.1 Å². The molecule has 0 heterocycles. The normalized spacial score (nSPS) is 11.8. The van der Waals surface area contributed by atoms with E-state index in [2.05, 4.69) is 5.32 Å². The highest BCUT2D eigenvalue weighted by Crippen LogP contribution is 2.17. The Labute approximate surface area is 157 Å². The summed E-state index contributed by atoms with van der Waals surface area (Å²) in [6, 6.07) is 14.2. The molecule has 6 heteroatoms. The standard InChI is InChI=1S/C20H20ClNO4/c1-14(16-6-4-7-17(21)12-16)22-19(23)13-26-20(24)10-9-15-5-3-8-18(11-15)25-2/h3-12,14H,13H2,1-2H3,(H,22,23)/b10-9+/t14-/m0/s1. The first-order valence-corrected chi connectivity index (χ1v) is 8.39. The van der Waals surface area contributed by atoms with Crippen molar-refractivity contribution in [2.45, 2.75) is 13.0 Å². The largest absolute Gasteiger partial charge is 0.497 e. The maximum atomic E-state index is 11.9. The molecule has 0 saturated heterocycles. The Hall–Kier alpha value is -2.79. The first-order chi connectivity index (χ1) is 12.5. The van der Waals surface area contributed by atoms with E-state index in [0.29, 0.717) is 10.8 Å². The van der Waals surface area contributed by atoms with Gasteiger partial charge >= 0.3 is 5.97 Å². The monoisotopic (exact) mass is 373 g/mol. The molecule has 0 aliphatic carbocycles. The van der Waals surface area contributed by atoms with Crippen molar-refractivity contribution in [1.82, 2.24) is 5.32 Å². The second-order valence-corrected chi connectivity index (χ2v) is 6.00. The summed E-state index contributed by atoms with van der Waals surface area (Å²) in [7, 11) is 1.57. The van der Waals surface area contributed by atoms with E-state index >= 15 is 0 Å². The van der Waals surface area contributed by atoms with Gasteiger partial charge in [-0.3, -0.25) is 4.79 Å². The lowest BCUT2D eigenvalue weighted by Crippen LogP contribution is -2.30. The molecule has 2 aromatic rings. The molecule has 0 unspecified atom stereocenters. The van der Waals surface area contributed by atoms with Gasteiger partial charge in [0.15, 0.2) is 6.61 Å². The summed E-state index contributed by atoms with van der Waals surface area (Å²) in [4.78, 5) is 23.6. The Morgan fingerprint density at radius 2 is 1.96 bits per heavy atom. The van der Waals surface area contributed by atoms with Crippen LogP contribution in [0.2, 0.25) is 5.02 Å². The molecule has 0 aliphatic rings. The number of carbonyl (C=O) groups is 2. The lowest BCUT2D eigenvalue weighted by Gasteiger charge is -2.14. The van der Waals surface area contributed by atoms with Gasteiger partial charge in [-0.05, 0) is 48.4 Å². The van der Waals surface area contributed by atoms with E-state index in [1.54, 1.807) is 37.5 Å². The van der Waals surface area contributed by atoms with Gasteiger partial charge in [0.25, 0.3) is 5.91 Å². The molecule has 2 rings (SSSR count). The Balaban J connectivity index is 1.81. The molecule has 1 atom stereocenters. The van der Waals surface area contributed by atoms with Gasteiger partial charge < -0.3 is 14.8 Å². The van der Waals surface area contributed by atoms with Crippen LogP contribution in [0.5, 0.6) is 5.75 Å². The van der Waals surface area contributed by atoms with Crippen LogP contribution in [0.4, 0.5) is 0 Å². The number of hydrogen-bond donors (Lipinski definition) is 1. The number of benzene rings is 2. The summed E-state index contributed by atoms with van der Waals surface area (Å²) in [5, 5.41) is 3.35. The van der Waals surface area contributed by atoms with Gasteiger partial charge in [0.2, 0.25) is 0 Å². The van der Waals surface area contributed by atoms with Gasteiger partial charge in [0.05, 0.1) is 13.2 Å². The number of ether oxygens (including phenoxy) is 2. The lowest BCUT2D eigenvalue weighted by molar-refractivity contribution is -0.144. The number of methoxy groups -OCH3 is 1. The molecule has 0 aliphatic heterocycles. The Bertz CT molecular complexity index is 804. The summed E-state index contributed by atoms with van der Waals surface area (Å²) in [5.74, 6) is -0.297. The molecule has 136 valence electrons. The fraction of sp³-hybridized carbons (Fsp3) is 0.200. The SMILES string of the molecule is COc1cccc(/C=C/C(=O)OCC(=O)N[C@@H](C)c2cccc(Cl)c2)c1. The van der Waals surface area contributed by atoms with Crippen molar-refractivity contribution < 1.29 is 19.1 Å². The summed E-state index contributed by atoms with van der Waals surface area (Å²) in [6.07, 6.45) is 2.86. The molecule has 0 radical (unpaired) electrons. The number of carbonyl (C=O) groups excluding carboxylic acids is 2. The van der Waals surface area contributed by atoms with Crippen LogP contribution < -0.4 is 10.1 Å². The molecular weight excluding hydrogens is 354 g/mol. The quantitative estimate of drug-likeness (QED) is 0.592. The second kappa shape index (κ2) is 9.63. The van der Waals surface area contributed by atoms with E-state index in [-0.39, 0.29) is 18.6 Å². The fourth-order valence-corrected chi connectivity index (χ4v) is 2.44. The van der Waals surface area contributed by atoms with Gasteiger partial charge in [0, 0.05) is 11.1 Å². The minimum atomic E-state index is -0.599. The van der Waals surface area contributed by atoms with E-state index in [1.165, 1.54) is 6.08 Å². The molecule has 26 heavy (non-hydrogen) atoms. The Morgan fingerprint density at radius 1 is 1.19 bits per heavy atom. The summed E-state index contributed by atoms with van der Waals surface area (Å²) in [5.41, 5.74) is 1.66. The third kappa shape index (κ3) is 6.26. The van der Waals surface area contributed by atoms with Crippen molar-refractivity contribution in [3.63, 3.8) is 0 Å². The maximum absolute atomic E-state index is 11.9. The van der Waals surface area contributed by atoms with E-state index in [4.69, 9.17) is 21.1 Å². The van der Waals surface area contributed by atoms with Crippen LogP contribution in [0.15, 0.2) is 54.6 Å².